The Morgan fingerprint density at radius 3 is 2.69 bits per heavy atom. The predicted molar refractivity (Wildman–Crippen MR) is 117 cm³/mol. The molecular formula is C22H17ClN4O2. The van der Waals surface area contributed by atoms with Crippen LogP contribution in [-0.2, 0) is 0 Å². The number of benzene rings is 3. The zero-order chi connectivity index (χ0) is 20.2. The van der Waals surface area contributed by atoms with E-state index in [0.717, 1.165) is 5.56 Å². The van der Waals surface area contributed by atoms with Gasteiger partial charge in [-0.25, -0.2) is 15.0 Å². The van der Waals surface area contributed by atoms with Crippen LogP contribution in [0, 0.1) is 0 Å². The maximum Gasteiger partial charge on any atom is 0.267 e. The molecule has 0 amide bonds. The van der Waals surface area contributed by atoms with Crippen LogP contribution in [0.4, 0.5) is 5.95 Å². The summed E-state index contributed by atoms with van der Waals surface area (Å²) < 4.78 is 6.76. The Labute approximate surface area is 172 Å². The van der Waals surface area contributed by atoms with Gasteiger partial charge in [-0.2, -0.15) is 5.10 Å². The van der Waals surface area contributed by atoms with E-state index in [1.807, 2.05) is 48.5 Å². The number of nitrogens with one attached hydrogen (secondary N) is 1. The van der Waals surface area contributed by atoms with Crippen molar-refractivity contribution in [2.45, 2.75) is 0 Å². The Morgan fingerprint density at radius 2 is 1.86 bits per heavy atom. The fourth-order valence-corrected chi connectivity index (χ4v) is 3.12. The van der Waals surface area contributed by atoms with E-state index in [1.165, 1.54) is 4.57 Å². The Morgan fingerprint density at radius 1 is 1.07 bits per heavy atom. The van der Waals surface area contributed by atoms with Crippen LogP contribution in [0.15, 0.2) is 82.7 Å². The molecule has 1 heterocycles. The predicted octanol–water partition coefficient (Wildman–Crippen LogP) is 4.49. The Hall–Kier alpha value is -3.64. The van der Waals surface area contributed by atoms with Gasteiger partial charge >= 0.3 is 0 Å². The monoisotopic (exact) mass is 404 g/mol. The summed E-state index contributed by atoms with van der Waals surface area (Å²) in [6, 6.07) is 21.7. The van der Waals surface area contributed by atoms with E-state index in [2.05, 4.69) is 15.5 Å². The minimum absolute atomic E-state index is 0.209. The number of halogens is 1. The summed E-state index contributed by atoms with van der Waals surface area (Å²) in [4.78, 5) is 17.8. The molecule has 0 fully saturated rings. The second-order valence-electron chi connectivity index (χ2n) is 6.19. The van der Waals surface area contributed by atoms with Gasteiger partial charge in [0.25, 0.3) is 5.56 Å². The van der Waals surface area contributed by atoms with Crippen LogP contribution in [0.5, 0.6) is 5.75 Å². The lowest BCUT2D eigenvalue weighted by Gasteiger charge is -2.13. The van der Waals surface area contributed by atoms with Crippen molar-refractivity contribution in [2.24, 2.45) is 5.10 Å². The number of anilines is 1. The number of fused-ring (bicyclic) bond motifs is 1. The molecule has 6 nitrogen and oxygen atoms in total. The molecule has 3 aromatic carbocycles. The molecule has 0 aliphatic rings. The van der Waals surface area contributed by atoms with Crippen molar-refractivity contribution in [2.75, 3.05) is 12.5 Å². The molecule has 7 heteroatoms. The first kappa shape index (κ1) is 18.7. The van der Waals surface area contributed by atoms with Gasteiger partial charge in [-0.3, -0.25) is 4.79 Å². The highest BCUT2D eigenvalue weighted by Crippen LogP contribution is 2.20. The van der Waals surface area contributed by atoms with E-state index in [4.69, 9.17) is 16.3 Å². The third-order valence-electron chi connectivity index (χ3n) is 4.36. The molecule has 4 rings (SSSR count). The van der Waals surface area contributed by atoms with Gasteiger partial charge in [-0.1, -0.05) is 48.0 Å². The van der Waals surface area contributed by atoms with Crippen LogP contribution in [-0.4, -0.2) is 22.9 Å². The highest BCUT2D eigenvalue weighted by Gasteiger charge is 2.13. The van der Waals surface area contributed by atoms with E-state index in [0.29, 0.717) is 27.4 Å². The van der Waals surface area contributed by atoms with Crippen LogP contribution in [0.25, 0.3) is 16.6 Å². The van der Waals surface area contributed by atoms with Gasteiger partial charge in [0.1, 0.15) is 5.75 Å². The van der Waals surface area contributed by atoms with Crippen molar-refractivity contribution in [1.29, 1.82) is 0 Å². The molecule has 144 valence electrons. The standard InChI is InChI=1S/C22H17ClN4O2/c1-29-17-9-6-8-16(13-17)27-21(28)18-10-3-5-12-20(18)25-22(27)26-24-14-15-7-2-4-11-19(15)23/h2-14H,1H3,(H,25,26)/b24-14-. The normalized spacial score (nSPS) is 11.1. The molecule has 0 atom stereocenters. The van der Waals surface area contributed by atoms with Crippen molar-refractivity contribution in [1.82, 2.24) is 9.55 Å². The average molecular weight is 405 g/mol. The second-order valence-corrected chi connectivity index (χ2v) is 6.59. The molecule has 0 bridgehead atoms. The SMILES string of the molecule is COc1cccc(-n2c(N/N=C\c3ccccc3Cl)nc3ccccc3c2=O)c1. The number of hydrogen-bond donors (Lipinski definition) is 1. The largest absolute Gasteiger partial charge is 0.497 e. The molecule has 1 aromatic heterocycles. The van der Waals surface area contributed by atoms with Crippen LogP contribution in [0.3, 0.4) is 0 Å². The topological polar surface area (TPSA) is 68.5 Å². The van der Waals surface area contributed by atoms with Crippen molar-refractivity contribution in [3.8, 4) is 11.4 Å². The molecule has 0 saturated heterocycles. The summed E-state index contributed by atoms with van der Waals surface area (Å²) in [6.07, 6.45) is 1.58. The quantitative estimate of drug-likeness (QED) is 0.393. The van der Waals surface area contributed by atoms with Crippen molar-refractivity contribution < 1.29 is 4.74 Å². The van der Waals surface area contributed by atoms with Crippen LogP contribution >= 0.6 is 11.6 Å². The first-order valence-electron chi connectivity index (χ1n) is 8.87. The molecule has 0 aliphatic carbocycles. The average Bonchev–Trinajstić information content (AvgIpc) is 2.75. The van der Waals surface area contributed by atoms with Gasteiger partial charge in [0.05, 0.1) is 29.9 Å². The third kappa shape index (κ3) is 3.83. The van der Waals surface area contributed by atoms with E-state index in [1.54, 1.807) is 37.6 Å². The van der Waals surface area contributed by atoms with Gasteiger partial charge < -0.3 is 4.74 Å². The minimum Gasteiger partial charge on any atom is -0.497 e. The highest BCUT2D eigenvalue weighted by molar-refractivity contribution is 6.33. The fourth-order valence-electron chi connectivity index (χ4n) is 2.94. The van der Waals surface area contributed by atoms with Crippen molar-refractivity contribution in [3.05, 3.63) is 93.7 Å². The van der Waals surface area contributed by atoms with E-state index >= 15 is 0 Å². The number of aromatic nitrogens is 2. The summed E-state index contributed by atoms with van der Waals surface area (Å²) in [5.74, 6) is 0.915. The van der Waals surface area contributed by atoms with Gasteiger partial charge in [0.15, 0.2) is 0 Å². The molecular weight excluding hydrogens is 388 g/mol. The summed E-state index contributed by atoms with van der Waals surface area (Å²) >= 11 is 6.17. The number of ether oxygens (including phenoxy) is 1. The molecule has 0 unspecified atom stereocenters. The van der Waals surface area contributed by atoms with Crippen molar-refractivity contribution in [3.63, 3.8) is 0 Å². The maximum absolute atomic E-state index is 13.2. The second kappa shape index (κ2) is 8.16. The summed E-state index contributed by atoms with van der Waals surface area (Å²) in [5.41, 5.74) is 4.61. The molecule has 1 N–H and O–H groups in total. The number of nitrogens with zero attached hydrogens (tertiary/aromatic N) is 3. The number of rotatable bonds is 5. The number of hydrazone groups is 1. The van der Waals surface area contributed by atoms with Gasteiger partial charge in [-0.05, 0) is 30.3 Å². The first-order valence-corrected chi connectivity index (χ1v) is 9.25. The minimum atomic E-state index is -0.209. The van der Waals surface area contributed by atoms with Crippen LogP contribution < -0.4 is 15.7 Å². The Bertz CT molecular complexity index is 1270. The van der Waals surface area contributed by atoms with Gasteiger partial charge in [0.2, 0.25) is 5.95 Å². The van der Waals surface area contributed by atoms with Gasteiger partial charge in [0, 0.05) is 16.7 Å². The number of para-hydroxylation sites is 1. The number of methoxy groups -OCH3 is 1. The van der Waals surface area contributed by atoms with Crippen LogP contribution in [0.1, 0.15) is 5.56 Å². The zero-order valence-electron chi connectivity index (χ0n) is 15.5. The molecule has 0 radical (unpaired) electrons. The van der Waals surface area contributed by atoms with Gasteiger partial charge in [-0.15, -0.1) is 0 Å². The molecule has 29 heavy (non-hydrogen) atoms. The fraction of sp³-hybridized carbons (Fsp3) is 0.0455. The molecule has 0 aliphatic heterocycles. The number of hydrogen-bond acceptors (Lipinski definition) is 5. The lowest BCUT2D eigenvalue weighted by atomic mass is 10.2. The Balaban J connectivity index is 1.83. The summed E-state index contributed by atoms with van der Waals surface area (Å²) in [5, 5.41) is 5.33. The van der Waals surface area contributed by atoms with Crippen LogP contribution in [0.2, 0.25) is 5.02 Å². The first-order chi connectivity index (χ1) is 14.2. The van der Waals surface area contributed by atoms with E-state index in [9.17, 15) is 4.79 Å². The highest BCUT2D eigenvalue weighted by atomic mass is 35.5. The molecule has 0 saturated carbocycles. The lowest BCUT2D eigenvalue weighted by molar-refractivity contribution is 0.414. The molecule has 4 aromatic rings. The smallest absolute Gasteiger partial charge is 0.267 e. The van der Waals surface area contributed by atoms with E-state index in [-0.39, 0.29) is 11.5 Å². The van der Waals surface area contributed by atoms with Crippen molar-refractivity contribution >= 4 is 34.7 Å². The van der Waals surface area contributed by atoms with E-state index < -0.39 is 0 Å². The zero-order valence-corrected chi connectivity index (χ0v) is 16.3. The maximum atomic E-state index is 13.2. The summed E-state index contributed by atoms with van der Waals surface area (Å²) in [7, 11) is 1.58. The third-order valence-corrected chi connectivity index (χ3v) is 4.70. The summed E-state index contributed by atoms with van der Waals surface area (Å²) in [6.45, 7) is 0. The lowest BCUT2D eigenvalue weighted by Crippen LogP contribution is -2.22. The molecule has 0 spiro atoms. The Kier molecular flexibility index (Phi) is 5.27.